The van der Waals surface area contributed by atoms with Gasteiger partial charge < -0.3 is 0 Å². The first-order chi connectivity index (χ1) is 11.9. The summed E-state index contributed by atoms with van der Waals surface area (Å²) in [6.07, 6.45) is -1.90. The van der Waals surface area contributed by atoms with E-state index >= 15 is 0 Å². The summed E-state index contributed by atoms with van der Waals surface area (Å²) < 4.78 is 15.8. The van der Waals surface area contributed by atoms with Crippen LogP contribution in [0.1, 0.15) is 41.5 Å². The van der Waals surface area contributed by atoms with Crippen molar-refractivity contribution in [2.24, 2.45) is 0 Å². The van der Waals surface area contributed by atoms with Crippen LogP contribution in [0.4, 0.5) is 14.4 Å². The van der Waals surface area contributed by atoms with Crippen molar-refractivity contribution in [2.45, 2.75) is 41.5 Å². The molecule has 0 aliphatic carbocycles. The van der Waals surface area contributed by atoms with Crippen LogP contribution in [0.2, 0.25) is 0 Å². The molecule has 0 N–H and O–H groups in total. The fraction of sp³-hybridized carbons (Fsp3) is 0.800. The Balaban J connectivity index is 5.12. The molecule has 0 aliphatic rings. The first-order valence-electron chi connectivity index (χ1n) is 8.74. The molecular formula is C15H30InN3O6. The molecule has 144 valence electrons. The van der Waals surface area contributed by atoms with Gasteiger partial charge in [-0.3, -0.25) is 0 Å². The average molecular weight is 463 g/mol. The van der Waals surface area contributed by atoms with Gasteiger partial charge in [0.15, 0.2) is 0 Å². The van der Waals surface area contributed by atoms with Gasteiger partial charge in [-0.1, -0.05) is 0 Å². The second-order valence-corrected chi connectivity index (χ2v) is 8.62. The van der Waals surface area contributed by atoms with Crippen LogP contribution < -0.4 is 0 Å². The van der Waals surface area contributed by atoms with Gasteiger partial charge in [0, 0.05) is 0 Å². The number of nitrogens with zero attached hydrogens (tertiary/aromatic N) is 3. The Hall–Kier alpha value is -1.32. The topological polar surface area (TPSA) is 88.6 Å². The van der Waals surface area contributed by atoms with Crippen LogP contribution in [0.15, 0.2) is 0 Å². The third-order valence-corrected chi connectivity index (χ3v) is 7.03. The van der Waals surface area contributed by atoms with E-state index in [0.717, 1.165) is 0 Å². The molecule has 0 saturated carbocycles. The van der Waals surface area contributed by atoms with E-state index < -0.39 is 41.0 Å². The third kappa shape index (κ3) is 8.06. The van der Waals surface area contributed by atoms with Gasteiger partial charge in [0.2, 0.25) is 0 Å². The van der Waals surface area contributed by atoms with E-state index in [1.54, 1.807) is 41.5 Å². The Kier molecular flexibility index (Phi) is 12.3. The van der Waals surface area contributed by atoms with E-state index in [2.05, 4.69) is 0 Å². The van der Waals surface area contributed by atoms with Crippen molar-refractivity contribution < 1.29 is 22.9 Å². The number of amides is 3. The quantitative estimate of drug-likeness (QED) is 0.522. The number of carbonyl (C=O) groups is 3. The molecule has 25 heavy (non-hydrogen) atoms. The molecule has 0 spiro atoms. The molecule has 0 bridgehead atoms. The molecule has 9 nitrogen and oxygen atoms in total. The van der Waals surface area contributed by atoms with Crippen LogP contribution in [0.25, 0.3) is 0 Å². The molecule has 0 aromatic heterocycles. The van der Waals surface area contributed by atoms with E-state index in [0.29, 0.717) is 39.3 Å². The maximum atomic E-state index is 12.1. The zero-order valence-corrected chi connectivity index (χ0v) is 19.4. The van der Waals surface area contributed by atoms with Crippen molar-refractivity contribution in [2.75, 3.05) is 39.3 Å². The van der Waals surface area contributed by atoms with Crippen molar-refractivity contribution in [3.63, 3.8) is 0 Å². The van der Waals surface area contributed by atoms with E-state index in [4.69, 9.17) is 8.56 Å². The van der Waals surface area contributed by atoms with Crippen molar-refractivity contribution >= 4 is 41.0 Å². The van der Waals surface area contributed by atoms with Crippen molar-refractivity contribution in [3.8, 4) is 0 Å². The predicted molar refractivity (Wildman–Crippen MR) is 94.0 cm³/mol. The third-order valence-electron chi connectivity index (χ3n) is 3.66. The Morgan fingerprint density at radius 2 is 0.760 bits per heavy atom. The molecule has 0 fully saturated rings. The molecular weight excluding hydrogens is 433 g/mol. The molecule has 0 aromatic carbocycles. The average Bonchev–Trinajstić information content (AvgIpc) is 2.57. The Labute approximate surface area is 159 Å². The van der Waals surface area contributed by atoms with Crippen molar-refractivity contribution in [3.05, 3.63) is 0 Å². The SMILES string of the molecule is CCN(CC)C(=O)[O][In]([O]C(=O)N(CC)CC)[O]C(=O)N(CC)CC. The summed E-state index contributed by atoms with van der Waals surface area (Å²) in [5.41, 5.74) is 0. The van der Waals surface area contributed by atoms with Crippen LogP contribution in [-0.2, 0) is 8.56 Å². The fourth-order valence-corrected chi connectivity index (χ4v) is 5.09. The summed E-state index contributed by atoms with van der Waals surface area (Å²) >= 11 is -4.15. The van der Waals surface area contributed by atoms with E-state index in [1.165, 1.54) is 14.7 Å². The molecule has 0 heterocycles. The summed E-state index contributed by atoms with van der Waals surface area (Å²) in [6, 6.07) is 0. The van der Waals surface area contributed by atoms with Crippen LogP contribution in [0.5, 0.6) is 0 Å². The minimum atomic E-state index is -4.15. The number of hydrogen-bond donors (Lipinski definition) is 0. The minimum absolute atomic E-state index is 0.446. The first kappa shape index (κ1) is 23.7. The Morgan fingerprint density at radius 3 is 0.920 bits per heavy atom. The van der Waals surface area contributed by atoms with Crippen LogP contribution in [-0.4, -0.2) is 95.0 Å². The molecule has 0 radical (unpaired) electrons. The predicted octanol–water partition coefficient (Wildman–Crippen LogP) is 2.41. The normalized spacial score (nSPS) is 9.84. The zero-order valence-electron chi connectivity index (χ0n) is 16.1. The second kappa shape index (κ2) is 13.0. The van der Waals surface area contributed by atoms with Gasteiger partial charge in [0.25, 0.3) is 0 Å². The summed E-state index contributed by atoms with van der Waals surface area (Å²) in [5, 5.41) is 0. The van der Waals surface area contributed by atoms with Crippen LogP contribution in [0.3, 0.4) is 0 Å². The summed E-state index contributed by atoms with van der Waals surface area (Å²) in [5.74, 6) is 0. The molecule has 0 aliphatic heterocycles. The number of hydrogen-bond acceptors (Lipinski definition) is 6. The second-order valence-electron chi connectivity index (χ2n) is 4.96. The van der Waals surface area contributed by atoms with E-state index in [1.807, 2.05) is 0 Å². The molecule has 0 rings (SSSR count). The van der Waals surface area contributed by atoms with Gasteiger partial charge in [-0.25, -0.2) is 0 Å². The summed E-state index contributed by atoms with van der Waals surface area (Å²) in [4.78, 5) is 40.7. The van der Waals surface area contributed by atoms with Crippen LogP contribution >= 0.6 is 0 Å². The van der Waals surface area contributed by atoms with E-state index in [-0.39, 0.29) is 0 Å². The van der Waals surface area contributed by atoms with Gasteiger partial charge in [-0.2, -0.15) is 0 Å². The van der Waals surface area contributed by atoms with Crippen molar-refractivity contribution in [1.82, 2.24) is 14.7 Å². The van der Waals surface area contributed by atoms with Gasteiger partial charge in [-0.15, -0.1) is 0 Å². The monoisotopic (exact) mass is 463 g/mol. The molecule has 0 unspecified atom stereocenters. The number of carbonyl (C=O) groups excluding carboxylic acids is 3. The maximum absolute atomic E-state index is 12.1. The Morgan fingerprint density at radius 1 is 0.560 bits per heavy atom. The van der Waals surface area contributed by atoms with Gasteiger partial charge in [0.05, 0.1) is 0 Å². The summed E-state index contributed by atoms with van der Waals surface area (Å²) in [6.45, 7) is 13.5. The van der Waals surface area contributed by atoms with Gasteiger partial charge in [0.1, 0.15) is 0 Å². The molecule has 3 amide bonds. The molecule has 10 heteroatoms. The van der Waals surface area contributed by atoms with E-state index in [9.17, 15) is 14.4 Å². The molecule has 0 atom stereocenters. The van der Waals surface area contributed by atoms with Gasteiger partial charge in [-0.05, 0) is 0 Å². The van der Waals surface area contributed by atoms with Crippen LogP contribution in [0, 0.1) is 0 Å². The fourth-order valence-electron chi connectivity index (χ4n) is 1.99. The summed E-state index contributed by atoms with van der Waals surface area (Å²) in [7, 11) is 0. The standard InChI is InChI=1S/3C5H11NO2.In/c3*1-3-6(4-2)5(7)8;/h3*3-4H2,1-2H3,(H,7,8);/q;;;+3/p-3. The zero-order chi connectivity index (χ0) is 19.4. The van der Waals surface area contributed by atoms with Gasteiger partial charge >= 0.3 is 159 Å². The molecule has 0 saturated heterocycles. The first-order valence-corrected chi connectivity index (χ1v) is 12.8. The molecule has 0 aromatic rings. The Bertz CT molecular complexity index is 364. The van der Waals surface area contributed by atoms with Crippen molar-refractivity contribution in [1.29, 1.82) is 0 Å². The number of rotatable bonds is 9.